The standard InChI is InChI=1S/C11H11ClN2O2/c1-11(6-9(15)13-10(11)16)14-8-5-3-2-4-7(8)12/h2-5,14H,6H2,1H3,(H,13,15,16). The lowest BCUT2D eigenvalue weighted by molar-refractivity contribution is -0.125. The predicted molar refractivity (Wildman–Crippen MR) is 61.2 cm³/mol. The van der Waals surface area contributed by atoms with Gasteiger partial charge >= 0.3 is 0 Å². The van der Waals surface area contributed by atoms with E-state index in [1.165, 1.54) is 0 Å². The lowest BCUT2D eigenvalue weighted by atomic mass is 10.00. The van der Waals surface area contributed by atoms with Crippen LogP contribution in [0.4, 0.5) is 5.69 Å². The Morgan fingerprint density at radius 2 is 2.06 bits per heavy atom. The smallest absolute Gasteiger partial charge is 0.252 e. The van der Waals surface area contributed by atoms with Gasteiger partial charge in [-0.15, -0.1) is 0 Å². The summed E-state index contributed by atoms with van der Waals surface area (Å²) in [5, 5.41) is 5.79. The first-order valence-corrected chi connectivity index (χ1v) is 5.26. The lowest BCUT2D eigenvalue weighted by Crippen LogP contribution is -2.42. The van der Waals surface area contributed by atoms with Gasteiger partial charge in [0.25, 0.3) is 5.91 Å². The highest BCUT2D eigenvalue weighted by atomic mass is 35.5. The van der Waals surface area contributed by atoms with Gasteiger partial charge in [-0.25, -0.2) is 0 Å². The average molecular weight is 239 g/mol. The average Bonchev–Trinajstić information content (AvgIpc) is 2.45. The minimum absolute atomic E-state index is 0.122. The van der Waals surface area contributed by atoms with E-state index in [0.29, 0.717) is 10.7 Å². The molecule has 1 heterocycles. The summed E-state index contributed by atoms with van der Waals surface area (Å²) in [5.74, 6) is -0.593. The number of nitrogens with one attached hydrogen (secondary N) is 2. The van der Waals surface area contributed by atoms with E-state index in [0.717, 1.165) is 0 Å². The van der Waals surface area contributed by atoms with Crippen molar-refractivity contribution >= 4 is 29.1 Å². The summed E-state index contributed by atoms with van der Waals surface area (Å²) >= 11 is 5.97. The number of benzene rings is 1. The van der Waals surface area contributed by atoms with E-state index < -0.39 is 5.54 Å². The Hall–Kier alpha value is -1.55. The first-order valence-electron chi connectivity index (χ1n) is 4.88. The van der Waals surface area contributed by atoms with Crippen LogP contribution in [0.1, 0.15) is 13.3 Å². The third-order valence-corrected chi connectivity index (χ3v) is 2.88. The van der Waals surface area contributed by atoms with Crippen LogP contribution in [0, 0.1) is 0 Å². The molecule has 1 atom stereocenters. The quantitative estimate of drug-likeness (QED) is 0.769. The van der Waals surface area contributed by atoms with Gasteiger partial charge in [0.05, 0.1) is 17.1 Å². The summed E-state index contributed by atoms with van der Waals surface area (Å²) in [6.45, 7) is 1.68. The van der Waals surface area contributed by atoms with Crippen molar-refractivity contribution in [2.24, 2.45) is 0 Å². The molecule has 0 spiro atoms. The molecule has 0 aliphatic carbocycles. The van der Waals surface area contributed by atoms with E-state index in [2.05, 4.69) is 10.6 Å². The molecule has 2 amide bonds. The number of hydrogen-bond acceptors (Lipinski definition) is 3. The molecule has 2 N–H and O–H groups in total. The molecule has 84 valence electrons. The minimum Gasteiger partial charge on any atom is -0.370 e. The Balaban J connectivity index is 2.25. The molecule has 1 aromatic carbocycles. The first-order chi connectivity index (χ1) is 7.51. The summed E-state index contributed by atoms with van der Waals surface area (Å²) in [5.41, 5.74) is -0.265. The number of para-hydroxylation sites is 1. The van der Waals surface area contributed by atoms with Gasteiger partial charge in [-0.2, -0.15) is 0 Å². The van der Waals surface area contributed by atoms with Gasteiger partial charge < -0.3 is 5.32 Å². The number of imide groups is 1. The fraction of sp³-hybridized carbons (Fsp3) is 0.273. The number of halogens is 1. The van der Waals surface area contributed by atoms with Gasteiger partial charge in [-0.1, -0.05) is 23.7 Å². The van der Waals surface area contributed by atoms with E-state index in [4.69, 9.17) is 11.6 Å². The Morgan fingerprint density at radius 3 is 2.62 bits per heavy atom. The molecule has 1 saturated heterocycles. The summed E-state index contributed by atoms with van der Waals surface area (Å²) in [6, 6.07) is 7.10. The van der Waals surface area contributed by atoms with Crippen molar-refractivity contribution in [3.63, 3.8) is 0 Å². The van der Waals surface area contributed by atoms with Crippen LogP contribution < -0.4 is 10.6 Å². The lowest BCUT2D eigenvalue weighted by Gasteiger charge is -2.23. The van der Waals surface area contributed by atoms with Crippen LogP contribution in [0.25, 0.3) is 0 Å². The van der Waals surface area contributed by atoms with Crippen LogP contribution in [-0.4, -0.2) is 17.4 Å². The highest BCUT2D eigenvalue weighted by Crippen LogP contribution is 2.27. The second-order valence-electron chi connectivity index (χ2n) is 3.99. The van der Waals surface area contributed by atoms with E-state index in [1.54, 1.807) is 25.1 Å². The SMILES string of the molecule is CC1(Nc2ccccc2Cl)CC(=O)NC1=O. The second-order valence-corrected chi connectivity index (χ2v) is 4.40. The highest BCUT2D eigenvalue weighted by molar-refractivity contribution is 6.33. The van der Waals surface area contributed by atoms with Crippen molar-refractivity contribution in [3.8, 4) is 0 Å². The van der Waals surface area contributed by atoms with Crippen molar-refractivity contribution < 1.29 is 9.59 Å². The number of carbonyl (C=O) groups excluding carboxylic acids is 2. The zero-order valence-electron chi connectivity index (χ0n) is 8.71. The molecule has 2 rings (SSSR count). The molecule has 1 aliphatic rings. The first kappa shape index (κ1) is 11.0. The summed E-state index contributed by atoms with van der Waals surface area (Å²) in [6.07, 6.45) is 0.122. The molecule has 1 aliphatic heterocycles. The molecular weight excluding hydrogens is 228 g/mol. The maximum atomic E-state index is 11.6. The third kappa shape index (κ3) is 1.88. The fourth-order valence-electron chi connectivity index (χ4n) is 1.67. The third-order valence-electron chi connectivity index (χ3n) is 2.55. The van der Waals surface area contributed by atoms with Crippen LogP contribution in [-0.2, 0) is 9.59 Å². The van der Waals surface area contributed by atoms with E-state index >= 15 is 0 Å². The monoisotopic (exact) mass is 238 g/mol. The molecule has 1 fully saturated rings. The van der Waals surface area contributed by atoms with Gasteiger partial charge in [0.2, 0.25) is 5.91 Å². The van der Waals surface area contributed by atoms with Crippen LogP contribution >= 0.6 is 11.6 Å². The molecule has 5 heteroatoms. The number of amides is 2. The maximum Gasteiger partial charge on any atom is 0.252 e. The Labute approximate surface area is 98.0 Å². The topological polar surface area (TPSA) is 58.2 Å². The van der Waals surface area contributed by atoms with Crippen molar-refractivity contribution in [2.45, 2.75) is 18.9 Å². The van der Waals surface area contributed by atoms with Crippen molar-refractivity contribution in [1.29, 1.82) is 0 Å². The highest BCUT2D eigenvalue weighted by Gasteiger charge is 2.42. The summed E-state index contributed by atoms with van der Waals surface area (Å²) in [4.78, 5) is 22.7. The van der Waals surface area contributed by atoms with Crippen molar-refractivity contribution in [2.75, 3.05) is 5.32 Å². The zero-order valence-corrected chi connectivity index (χ0v) is 9.47. The second kappa shape index (κ2) is 3.79. The van der Waals surface area contributed by atoms with Crippen LogP contribution in [0.2, 0.25) is 5.02 Å². The van der Waals surface area contributed by atoms with E-state index in [1.807, 2.05) is 6.07 Å². The van der Waals surface area contributed by atoms with Gasteiger partial charge in [-0.05, 0) is 19.1 Å². The molecule has 1 unspecified atom stereocenters. The Morgan fingerprint density at radius 1 is 1.38 bits per heavy atom. The number of rotatable bonds is 2. The molecule has 16 heavy (non-hydrogen) atoms. The predicted octanol–water partition coefficient (Wildman–Crippen LogP) is 1.56. The van der Waals surface area contributed by atoms with Gasteiger partial charge in [0.1, 0.15) is 5.54 Å². The molecule has 0 aromatic heterocycles. The fourth-order valence-corrected chi connectivity index (χ4v) is 1.85. The minimum atomic E-state index is -0.915. The van der Waals surface area contributed by atoms with Gasteiger partial charge in [-0.3, -0.25) is 14.9 Å². The van der Waals surface area contributed by atoms with Crippen LogP contribution in [0.15, 0.2) is 24.3 Å². The van der Waals surface area contributed by atoms with Crippen LogP contribution in [0.5, 0.6) is 0 Å². The van der Waals surface area contributed by atoms with Gasteiger partial charge in [0.15, 0.2) is 0 Å². The normalized spacial score (nSPS) is 24.4. The molecule has 1 aromatic rings. The Kier molecular flexibility index (Phi) is 2.59. The summed E-state index contributed by atoms with van der Waals surface area (Å²) in [7, 11) is 0. The number of hydrogen-bond donors (Lipinski definition) is 2. The van der Waals surface area contributed by atoms with E-state index in [9.17, 15) is 9.59 Å². The zero-order chi connectivity index (χ0) is 11.8. The van der Waals surface area contributed by atoms with Crippen molar-refractivity contribution in [1.82, 2.24) is 5.32 Å². The maximum absolute atomic E-state index is 11.6. The largest absolute Gasteiger partial charge is 0.370 e. The molecule has 0 saturated carbocycles. The summed E-state index contributed by atoms with van der Waals surface area (Å²) < 4.78 is 0. The Bertz CT molecular complexity index is 461. The molecule has 0 radical (unpaired) electrons. The molecule has 0 bridgehead atoms. The number of carbonyl (C=O) groups is 2. The van der Waals surface area contributed by atoms with Gasteiger partial charge in [0, 0.05) is 0 Å². The van der Waals surface area contributed by atoms with E-state index in [-0.39, 0.29) is 18.2 Å². The molecular formula is C11H11ClN2O2. The number of anilines is 1. The van der Waals surface area contributed by atoms with Crippen LogP contribution in [0.3, 0.4) is 0 Å². The molecule has 4 nitrogen and oxygen atoms in total. The van der Waals surface area contributed by atoms with Crippen molar-refractivity contribution in [3.05, 3.63) is 29.3 Å².